The lowest BCUT2D eigenvalue weighted by atomic mass is 9.82. The molecule has 108 valence electrons. The lowest BCUT2D eigenvalue weighted by molar-refractivity contribution is -0.145. The van der Waals surface area contributed by atoms with Crippen LogP contribution >= 0.6 is 0 Å². The summed E-state index contributed by atoms with van der Waals surface area (Å²) in [6, 6.07) is -0.218. The van der Waals surface area contributed by atoms with Gasteiger partial charge in [-0.1, -0.05) is 19.3 Å². The Morgan fingerprint density at radius 1 is 1.26 bits per heavy atom. The minimum Gasteiger partial charge on any atom is -0.480 e. The summed E-state index contributed by atoms with van der Waals surface area (Å²) < 4.78 is 0. The highest BCUT2D eigenvalue weighted by Crippen LogP contribution is 2.28. The summed E-state index contributed by atoms with van der Waals surface area (Å²) in [7, 11) is 2.01. The molecule has 1 heterocycles. The average molecular weight is 269 g/mol. The van der Waals surface area contributed by atoms with Crippen LogP contribution in [0, 0.1) is 0 Å². The van der Waals surface area contributed by atoms with E-state index in [2.05, 4.69) is 15.5 Å². The van der Waals surface area contributed by atoms with E-state index in [9.17, 15) is 14.7 Å². The SMILES string of the molecule is CN1CCC(NC(=O)NC2(C(=O)O)CCCCC2)C1. The molecule has 1 saturated heterocycles. The summed E-state index contributed by atoms with van der Waals surface area (Å²) >= 11 is 0. The van der Waals surface area contributed by atoms with Gasteiger partial charge in [0, 0.05) is 12.6 Å². The zero-order valence-corrected chi connectivity index (χ0v) is 11.4. The number of likely N-dealkylation sites (tertiary alicyclic amines) is 1. The Labute approximate surface area is 113 Å². The van der Waals surface area contributed by atoms with Gasteiger partial charge in [-0.3, -0.25) is 0 Å². The third kappa shape index (κ3) is 3.37. The minimum absolute atomic E-state index is 0.124. The Morgan fingerprint density at radius 3 is 2.47 bits per heavy atom. The number of amides is 2. The molecule has 0 aromatic heterocycles. The fourth-order valence-corrected chi connectivity index (χ4v) is 3.04. The van der Waals surface area contributed by atoms with E-state index in [1.54, 1.807) is 0 Å². The third-order valence-electron chi connectivity index (χ3n) is 4.20. The van der Waals surface area contributed by atoms with Gasteiger partial charge in [-0.2, -0.15) is 0 Å². The number of carbonyl (C=O) groups excluding carboxylic acids is 1. The highest BCUT2D eigenvalue weighted by atomic mass is 16.4. The third-order valence-corrected chi connectivity index (χ3v) is 4.20. The molecule has 2 aliphatic rings. The molecule has 1 atom stereocenters. The molecule has 0 aromatic rings. The molecule has 1 aliphatic carbocycles. The molecule has 0 spiro atoms. The monoisotopic (exact) mass is 269 g/mol. The molecule has 6 nitrogen and oxygen atoms in total. The maximum Gasteiger partial charge on any atom is 0.329 e. The van der Waals surface area contributed by atoms with Crippen molar-refractivity contribution in [2.45, 2.75) is 50.1 Å². The van der Waals surface area contributed by atoms with Crippen LogP contribution in [0.5, 0.6) is 0 Å². The summed E-state index contributed by atoms with van der Waals surface area (Å²) in [5.74, 6) is -0.911. The average Bonchev–Trinajstić information content (AvgIpc) is 2.75. The Kier molecular flexibility index (Phi) is 4.29. The lowest BCUT2D eigenvalue weighted by Gasteiger charge is -2.34. The maximum absolute atomic E-state index is 12.0. The van der Waals surface area contributed by atoms with Gasteiger partial charge in [-0.25, -0.2) is 9.59 Å². The zero-order valence-electron chi connectivity index (χ0n) is 11.4. The standard InChI is InChI=1S/C13H23N3O3/c1-16-8-5-10(9-16)14-12(19)15-13(11(17)18)6-3-2-4-7-13/h10H,2-9H2,1H3,(H,17,18)(H2,14,15,19). The number of urea groups is 1. The van der Waals surface area contributed by atoms with Crippen molar-refractivity contribution in [3.05, 3.63) is 0 Å². The van der Waals surface area contributed by atoms with Gasteiger partial charge in [0.2, 0.25) is 0 Å². The summed E-state index contributed by atoms with van der Waals surface area (Å²) in [6.45, 7) is 1.79. The summed E-state index contributed by atoms with van der Waals surface area (Å²) in [5, 5.41) is 15.0. The van der Waals surface area contributed by atoms with Crippen LogP contribution in [0.1, 0.15) is 38.5 Å². The van der Waals surface area contributed by atoms with Crippen molar-refractivity contribution in [3.8, 4) is 0 Å². The molecule has 0 bridgehead atoms. The molecule has 1 aliphatic heterocycles. The Bertz CT molecular complexity index is 353. The van der Waals surface area contributed by atoms with Gasteiger partial charge in [0.05, 0.1) is 0 Å². The second-order valence-corrected chi connectivity index (χ2v) is 5.79. The van der Waals surface area contributed by atoms with Crippen LogP contribution in [0.3, 0.4) is 0 Å². The largest absolute Gasteiger partial charge is 0.480 e. The van der Waals surface area contributed by atoms with Crippen LogP contribution < -0.4 is 10.6 Å². The first-order chi connectivity index (χ1) is 9.02. The van der Waals surface area contributed by atoms with Crippen LogP contribution in [-0.2, 0) is 4.79 Å². The topological polar surface area (TPSA) is 81.7 Å². The van der Waals surface area contributed by atoms with Crippen LogP contribution in [-0.4, -0.2) is 53.7 Å². The summed E-state index contributed by atoms with van der Waals surface area (Å²) in [4.78, 5) is 25.6. The number of carbonyl (C=O) groups is 2. The van der Waals surface area contributed by atoms with Crippen LogP contribution in [0.25, 0.3) is 0 Å². The van der Waals surface area contributed by atoms with Crippen LogP contribution in [0.15, 0.2) is 0 Å². The van der Waals surface area contributed by atoms with Crippen molar-refractivity contribution in [1.82, 2.24) is 15.5 Å². The molecule has 2 amide bonds. The highest BCUT2D eigenvalue weighted by Gasteiger charge is 2.41. The number of rotatable bonds is 3. The van der Waals surface area contributed by atoms with Crippen molar-refractivity contribution in [2.24, 2.45) is 0 Å². The first-order valence-electron chi connectivity index (χ1n) is 7.02. The van der Waals surface area contributed by atoms with Crippen molar-refractivity contribution >= 4 is 12.0 Å². The number of nitrogens with one attached hydrogen (secondary N) is 2. The Balaban J connectivity index is 1.90. The normalized spacial score (nSPS) is 26.9. The van der Waals surface area contributed by atoms with Gasteiger partial charge in [0.1, 0.15) is 5.54 Å². The van der Waals surface area contributed by atoms with Gasteiger partial charge in [-0.15, -0.1) is 0 Å². The number of carboxylic acids is 1. The number of carboxylic acid groups (broad SMARTS) is 1. The van der Waals surface area contributed by atoms with Gasteiger partial charge in [-0.05, 0) is 32.9 Å². The maximum atomic E-state index is 12.0. The molecule has 0 radical (unpaired) electrons. The molecule has 19 heavy (non-hydrogen) atoms. The minimum atomic E-state index is -1.06. The van der Waals surface area contributed by atoms with E-state index in [1.807, 2.05) is 7.05 Å². The number of hydrogen-bond acceptors (Lipinski definition) is 3. The van der Waals surface area contributed by atoms with Gasteiger partial charge < -0.3 is 20.6 Å². The highest BCUT2D eigenvalue weighted by molar-refractivity contribution is 5.86. The van der Waals surface area contributed by atoms with E-state index in [0.29, 0.717) is 12.8 Å². The van der Waals surface area contributed by atoms with Gasteiger partial charge >= 0.3 is 12.0 Å². The van der Waals surface area contributed by atoms with E-state index in [4.69, 9.17) is 0 Å². The molecule has 3 N–H and O–H groups in total. The molecular weight excluding hydrogens is 246 g/mol. The van der Waals surface area contributed by atoms with Crippen molar-refractivity contribution in [1.29, 1.82) is 0 Å². The smallest absolute Gasteiger partial charge is 0.329 e. The number of nitrogens with zero attached hydrogens (tertiary/aromatic N) is 1. The first-order valence-corrected chi connectivity index (χ1v) is 7.02. The molecular formula is C13H23N3O3. The van der Waals surface area contributed by atoms with Crippen LogP contribution in [0.2, 0.25) is 0 Å². The van der Waals surface area contributed by atoms with Crippen molar-refractivity contribution in [2.75, 3.05) is 20.1 Å². The number of likely N-dealkylation sites (N-methyl/N-ethyl adjacent to an activating group) is 1. The molecule has 6 heteroatoms. The van der Waals surface area contributed by atoms with E-state index < -0.39 is 11.5 Å². The fraction of sp³-hybridized carbons (Fsp3) is 0.846. The fourth-order valence-electron chi connectivity index (χ4n) is 3.04. The summed E-state index contributed by atoms with van der Waals surface area (Å²) in [5.41, 5.74) is -1.06. The van der Waals surface area contributed by atoms with E-state index in [0.717, 1.165) is 38.8 Å². The molecule has 1 unspecified atom stereocenters. The first kappa shape index (κ1) is 14.1. The lowest BCUT2D eigenvalue weighted by Crippen LogP contribution is -2.59. The Hall–Kier alpha value is -1.30. The van der Waals surface area contributed by atoms with E-state index in [1.165, 1.54) is 0 Å². The number of aliphatic carboxylic acids is 1. The summed E-state index contributed by atoms with van der Waals surface area (Å²) in [6.07, 6.45) is 4.74. The van der Waals surface area contributed by atoms with E-state index in [-0.39, 0.29) is 12.1 Å². The van der Waals surface area contributed by atoms with Crippen molar-refractivity contribution < 1.29 is 14.7 Å². The second-order valence-electron chi connectivity index (χ2n) is 5.79. The molecule has 2 rings (SSSR count). The predicted octanol–water partition coefficient (Wildman–Crippen LogP) is 0.777. The van der Waals surface area contributed by atoms with Gasteiger partial charge in [0.25, 0.3) is 0 Å². The molecule has 2 fully saturated rings. The van der Waals surface area contributed by atoms with E-state index >= 15 is 0 Å². The molecule has 0 aromatic carbocycles. The molecule has 1 saturated carbocycles. The van der Waals surface area contributed by atoms with Gasteiger partial charge in [0.15, 0.2) is 0 Å². The Morgan fingerprint density at radius 2 is 1.95 bits per heavy atom. The second kappa shape index (κ2) is 5.77. The quantitative estimate of drug-likeness (QED) is 0.707. The predicted molar refractivity (Wildman–Crippen MR) is 71.0 cm³/mol. The van der Waals surface area contributed by atoms with Crippen molar-refractivity contribution in [3.63, 3.8) is 0 Å². The zero-order chi connectivity index (χ0) is 13.9. The van der Waals surface area contributed by atoms with Crippen LogP contribution in [0.4, 0.5) is 4.79 Å². The number of hydrogen-bond donors (Lipinski definition) is 3.